The molecule has 2 heterocycles. The molecule has 0 aliphatic carbocycles. The minimum atomic E-state index is -0.0675. The molecular weight excluding hydrogens is 364 g/mol. The molecule has 0 spiro atoms. The van der Waals surface area contributed by atoms with Crippen molar-refractivity contribution in [1.29, 1.82) is 0 Å². The van der Waals surface area contributed by atoms with Gasteiger partial charge in [0.15, 0.2) is 5.16 Å². The first-order chi connectivity index (χ1) is 12.7. The molecule has 0 aliphatic heterocycles. The summed E-state index contributed by atoms with van der Waals surface area (Å²) in [6.07, 6.45) is 0. The van der Waals surface area contributed by atoms with E-state index in [9.17, 15) is 4.79 Å². The first-order valence-corrected chi connectivity index (χ1v) is 9.94. The summed E-state index contributed by atoms with van der Waals surface area (Å²) < 4.78 is 0. The molecule has 2 aromatic carbocycles. The lowest BCUT2D eigenvalue weighted by molar-refractivity contribution is -0.113. The Labute approximate surface area is 158 Å². The summed E-state index contributed by atoms with van der Waals surface area (Å²) in [7, 11) is 0. The summed E-state index contributed by atoms with van der Waals surface area (Å²) >= 11 is 3.00. The van der Waals surface area contributed by atoms with Crippen LogP contribution in [0.4, 0.5) is 5.69 Å². The molecule has 0 saturated carbocycles. The number of aromatic nitrogens is 3. The molecule has 0 bridgehead atoms. The number of imidazole rings is 1. The number of anilines is 1. The zero-order valence-corrected chi connectivity index (χ0v) is 15.7. The number of fused-ring (bicyclic) bond motifs is 1. The van der Waals surface area contributed by atoms with Crippen LogP contribution in [0.3, 0.4) is 0 Å². The van der Waals surface area contributed by atoms with Crippen LogP contribution in [-0.4, -0.2) is 26.6 Å². The van der Waals surface area contributed by atoms with Crippen LogP contribution < -0.4 is 5.32 Å². The highest BCUT2D eigenvalue weighted by molar-refractivity contribution is 7.99. The molecule has 0 unspecified atom stereocenters. The van der Waals surface area contributed by atoms with E-state index < -0.39 is 0 Å². The maximum atomic E-state index is 12.3. The third kappa shape index (κ3) is 3.79. The molecule has 2 N–H and O–H groups in total. The molecule has 7 heteroatoms. The van der Waals surface area contributed by atoms with Crippen molar-refractivity contribution in [3.05, 3.63) is 58.9 Å². The quantitative estimate of drug-likeness (QED) is 0.491. The number of rotatable bonds is 5. The van der Waals surface area contributed by atoms with E-state index in [4.69, 9.17) is 0 Å². The molecule has 0 saturated heterocycles. The number of thiazole rings is 1. The van der Waals surface area contributed by atoms with Crippen molar-refractivity contribution in [3.63, 3.8) is 0 Å². The Balaban J connectivity index is 1.40. The van der Waals surface area contributed by atoms with Gasteiger partial charge in [-0.1, -0.05) is 36.0 Å². The van der Waals surface area contributed by atoms with Crippen molar-refractivity contribution in [1.82, 2.24) is 15.0 Å². The third-order valence-electron chi connectivity index (χ3n) is 3.77. The number of hydrogen-bond acceptors (Lipinski definition) is 5. The second kappa shape index (κ2) is 7.31. The van der Waals surface area contributed by atoms with Crippen LogP contribution in [0, 0.1) is 6.92 Å². The number of para-hydroxylation sites is 2. The molecule has 2 aromatic heterocycles. The van der Waals surface area contributed by atoms with E-state index in [0.29, 0.717) is 5.75 Å². The zero-order valence-electron chi connectivity index (χ0n) is 14.0. The van der Waals surface area contributed by atoms with E-state index in [1.54, 1.807) is 11.3 Å². The van der Waals surface area contributed by atoms with Crippen molar-refractivity contribution in [3.8, 4) is 11.3 Å². The van der Waals surface area contributed by atoms with Crippen molar-refractivity contribution in [2.75, 3.05) is 11.1 Å². The number of nitrogens with one attached hydrogen (secondary N) is 2. The Morgan fingerprint density at radius 3 is 2.88 bits per heavy atom. The molecular formula is C19H16N4OS2. The van der Waals surface area contributed by atoms with E-state index in [1.165, 1.54) is 11.8 Å². The number of amides is 1. The Morgan fingerprint density at radius 1 is 1.19 bits per heavy atom. The number of benzene rings is 2. The normalized spacial score (nSPS) is 11.0. The average Bonchev–Trinajstić information content (AvgIpc) is 3.26. The molecule has 26 heavy (non-hydrogen) atoms. The monoisotopic (exact) mass is 380 g/mol. The third-order valence-corrected chi connectivity index (χ3v) is 5.42. The lowest BCUT2D eigenvalue weighted by Crippen LogP contribution is -2.14. The van der Waals surface area contributed by atoms with Crippen molar-refractivity contribution < 1.29 is 4.79 Å². The van der Waals surface area contributed by atoms with Gasteiger partial charge in [0, 0.05) is 16.6 Å². The summed E-state index contributed by atoms with van der Waals surface area (Å²) in [5.74, 6) is 0.224. The van der Waals surface area contributed by atoms with E-state index >= 15 is 0 Å². The second-order valence-corrected chi connectivity index (χ2v) is 7.75. The van der Waals surface area contributed by atoms with Gasteiger partial charge in [0.1, 0.15) is 0 Å². The van der Waals surface area contributed by atoms with Gasteiger partial charge < -0.3 is 10.3 Å². The number of aromatic amines is 1. The smallest absolute Gasteiger partial charge is 0.234 e. The molecule has 130 valence electrons. The first-order valence-electron chi connectivity index (χ1n) is 8.07. The topological polar surface area (TPSA) is 70.7 Å². The van der Waals surface area contributed by atoms with Gasteiger partial charge in [-0.3, -0.25) is 4.79 Å². The molecule has 4 aromatic rings. The summed E-state index contributed by atoms with van der Waals surface area (Å²) in [5.41, 5.74) is 4.57. The molecule has 0 fully saturated rings. The highest BCUT2D eigenvalue weighted by Crippen LogP contribution is 2.24. The van der Waals surface area contributed by atoms with Crippen LogP contribution in [0.25, 0.3) is 22.3 Å². The number of H-pyrrole nitrogens is 1. The zero-order chi connectivity index (χ0) is 17.9. The lowest BCUT2D eigenvalue weighted by Gasteiger charge is -2.06. The number of aryl methyl sites for hydroxylation is 1. The molecule has 0 atom stereocenters. The predicted molar refractivity (Wildman–Crippen MR) is 108 cm³/mol. The van der Waals surface area contributed by atoms with Crippen molar-refractivity contribution in [2.24, 2.45) is 0 Å². The van der Waals surface area contributed by atoms with Crippen molar-refractivity contribution >= 4 is 45.7 Å². The number of carbonyl (C=O) groups excluding carboxylic acids is 1. The summed E-state index contributed by atoms with van der Waals surface area (Å²) in [6.45, 7) is 1.98. The standard InChI is InChI=1S/C19H16N4OS2/c1-12-20-17(10-25-12)13-5-4-6-14(9-13)21-18(24)11-26-19-22-15-7-2-3-8-16(15)23-19/h2-10H,11H2,1H3,(H,21,24)(H,22,23). The van der Waals surface area contributed by atoms with Gasteiger partial charge in [-0.05, 0) is 31.2 Å². The molecule has 0 radical (unpaired) electrons. The van der Waals surface area contributed by atoms with Crippen LogP contribution in [0.1, 0.15) is 5.01 Å². The average molecular weight is 380 g/mol. The van der Waals surface area contributed by atoms with Gasteiger partial charge in [-0.15, -0.1) is 11.3 Å². The fourth-order valence-electron chi connectivity index (χ4n) is 2.58. The van der Waals surface area contributed by atoms with Gasteiger partial charge in [0.2, 0.25) is 5.91 Å². The maximum absolute atomic E-state index is 12.3. The van der Waals surface area contributed by atoms with E-state index in [2.05, 4.69) is 20.3 Å². The first kappa shape index (κ1) is 16.8. The molecule has 1 amide bonds. The Hall–Kier alpha value is -2.64. The SMILES string of the molecule is Cc1nc(-c2cccc(NC(=O)CSc3nc4ccccc4[nH]3)c2)cs1. The number of nitrogens with zero attached hydrogens (tertiary/aromatic N) is 2. The van der Waals surface area contributed by atoms with Crippen LogP contribution in [-0.2, 0) is 4.79 Å². The summed E-state index contributed by atoms with van der Waals surface area (Å²) in [5, 5.41) is 6.73. The summed E-state index contributed by atoms with van der Waals surface area (Å²) in [6, 6.07) is 15.6. The Kier molecular flexibility index (Phi) is 4.73. The minimum absolute atomic E-state index is 0.0675. The maximum Gasteiger partial charge on any atom is 0.234 e. The van der Waals surface area contributed by atoms with Crippen LogP contribution in [0.15, 0.2) is 59.1 Å². The number of carbonyl (C=O) groups is 1. The second-order valence-electron chi connectivity index (χ2n) is 5.73. The van der Waals surface area contributed by atoms with E-state index in [-0.39, 0.29) is 5.91 Å². The van der Waals surface area contributed by atoms with E-state index in [1.807, 2.05) is 60.8 Å². The fraction of sp³-hybridized carbons (Fsp3) is 0.105. The largest absolute Gasteiger partial charge is 0.333 e. The highest BCUT2D eigenvalue weighted by Gasteiger charge is 2.09. The van der Waals surface area contributed by atoms with Gasteiger partial charge in [-0.2, -0.15) is 0 Å². The van der Waals surface area contributed by atoms with Crippen LogP contribution in [0.2, 0.25) is 0 Å². The Bertz CT molecular complexity index is 1040. The van der Waals surface area contributed by atoms with E-state index in [0.717, 1.165) is 38.1 Å². The van der Waals surface area contributed by atoms with Gasteiger partial charge in [-0.25, -0.2) is 9.97 Å². The summed E-state index contributed by atoms with van der Waals surface area (Å²) in [4.78, 5) is 24.4. The van der Waals surface area contributed by atoms with Gasteiger partial charge in [0.25, 0.3) is 0 Å². The Morgan fingerprint density at radius 2 is 2.08 bits per heavy atom. The lowest BCUT2D eigenvalue weighted by atomic mass is 10.1. The van der Waals surface area contributed by atoms with Gasteiger partial charge in [0.05, 0.1) is 27.5 Å². The predicted octanol–water partition coefficient (Wildman–Crippen LogP) is 4.73. The van der Waals surface area contributed by atoms with Crippen LogP contribution >= 0.6 is 23.1 Å². The minimum Gasteiger partial charge on any atom is -0.333 e. The molecule has 4 rings (SSSR count). The fourth-order valence-corrected chi connectivity index (χ4v) is 3.89. The number of hydrogen-bond donors (Lipinski definition) is 2. The van der Waals surface area contributed by atoms with Gasteiger partial charge >= 0.3 is 0 Å². The number of thioether (sulfide) groups is 1. The molecule has 0 aliphatic rings. The highest BCUT2D eigenvalue weighted by atomic mass is 32.2. The van der Waals surface area contributed by atoms with Crippen LogP contribution in [0.5, 0.6) is 0 Å². The van der Waals surface area contributed by atoms with Crippen molar-refractivity contribution in [2.45, 2.75) is 12.1 Å². The molecule has 5 nitrogen and oxygen atoms in total.